The van der Waals surface area contributed by atoms with Crippen molar-refractivity contribution >= 4 is 32.7 Å². The molecular weight excluding hydrogens is 410 g/mol. The molecule has 0 amide bonds. The van der Waals surface area contributed by atoms with Crippen LogP contribution in [0.3, 0.4) is 0 Å². The van der Waals surface area contributed by atoms with Crippen LogP contribution in [0.25, 0.3) is 10.8 Å². The molecule has 156 valence electrons. The molecule has 30 heavy (non-hydrogen) atoms. The van der Waals surface area contributed by atoms with Gasteiger partial charge in [-0.15, -0.1) is 0 Å². The van der Waals surface area contributed by atoms with Gasteiger partial charge in [0.25, 0.3) is 6.10 Å². The Morgan fingerprint density at radius 3 is 2.57 bits per heavy atom. The highest BCUT2D eigenvalue weighted by atomic mass is 32.2. The summed E-state index contributed by atoms with van der Waals surface area (Å²) < 4.78 is 37.7. The number of carboxylic acid groups (broad SMARTS) is 1. The Hall–Kier alpha value is -3.17. The molecule has 2 aromatic carbocycles. The van der Waals surface area contributed by atoms with Gasteiger partial charge in [-0.1, -0.05) is 30.3 Å². The Morgan fingerprint density at radius 1 is 1.10 bits per heavy atom. The molecule has 9 heteroatoms. The number of carboxylic acids is 1. The van der Waals surface area contributed by atoms with E-state index in [0.29, 0.717) is 6.42 Å². The van der Waals surface area contributed by atoms with Crippen LogP contribution in [0, 0.1) is 0 Å². The van der Waals surface area contributed by atoms with Gasteiger partial charge >= 0.3 is 11.9 Å². The number of aliphatic carboxylic acids is 1. The third-order valence-corrected chi connectivity index (χ3v) is 6.97. The second-order valence-corrected chi connectivity index (χ2v) is 8.84. The van der Waals surface area contributed by atoms with E-state index in [0.717, 1.165) is 15.1 Å². The first-order chi connectivity index (χ1) is 14.4. The van der Waals surface area contributed by atoms with Gasteiger partial charge in [0.2, 0.25) is 10.0 Å². The molecule has 0 radical (unpaired) electrons. The van der Waals surface area contributed by atoms with Crippen LogP contribution in [0.5, 0.6) is 0 Å². The largest absolute Gasteiger partial charge is 0.478 e. The molecule has 1 aromatic heterocycles. The first kappa shape index (κ1) is 20.1. The first-order valence-corrected chi connectivity index (χ1v) is 10.8. The average Bonchev–Trinajstić information content (AvgIpc) is 3.43. The molecule has 4 rings (SSSR count). The van der Waals surface area contributed by atoms with Gasteiger partial charge in [-0.05, 0) is 47.9 Å². The van der Waals surface area contributed by atoms with E-state index in [1.54, 1.807) is 12.1 Å². The molecule has 3 aromatic rings. The third kappa shape index (κ3) is 3.69. The third-order valence-electron chi connectivity index (χ3n) is 5.06. The zero-order valence-corrected chi connectivity index (χ0v) is 16.6. The molecule has 0 bridgehead atoms. The number of nitrogens with zero attached hydrogens (tertiary/aromatic N) is 1. The van der Waals surface area contributed by atoms with E-state index in [-0.39, 0.29) is 23.6 Å². The van der Waals surface area contributed by atoms with Gasteiger partial charge in [0.15, 0.2) is 5.76 Å². The number of ether oxygens (including phenoxy) is 1. The van der Waals surface area contributed by atoms with E-state index < -0.39 is 34.1 Å². The van der Waals surface area contributed by atoms with Crippen LogP contribution < -0.4 is 0 Å². The minimum atomic E-state index is -3.97. The van der Waals surface area contributed by atoms with Crippen molar-refractivity contribution in [3.63, 3.8) is 0 Å². The number of hydrogen-bond acceptors (Lipinski definition) is 6. The smallest absolute Gasteiger partial charge is 0.353 e. The predicted octanol–water partition coefficient (Wildman–Crippen LogP) is 2.96. The summed E-state index contributed by atoms with van der Waals surface area (Å²) in [7, 11) is -3.97. The van der Waals surface area contributed by atoms with E-state index in [1.807, 2.05) is 24.3 Å². The zero-order chi connectivity index (χ0) is 21.3. The normalized spacial score (nSPS) is 18.3. The van der Waals surface area contributed by atoms with Gasteiger partial charge in [0.1, 0.15) is 6.04 Å². The second kappa shape index (κ2) is 7.92. The fourth-order valence-electron chi connectivity index (χ4n) is 3.59. The van der Waals surface area contributed by atoms with Crippen molar-refractivity contribution in [1.29, 1.82) is 0 Å². The number of sulfonamides is 1. The fraction of sp³-hybridized carbons (Fsp3) is 0.238. The lowest BCUT2D eigenvalue weighted by Crippen LogP contribution is -2.42. The highest BCUT2D eigenvalue weighted by Crippen LogP contribution is 2.30. The lowest BCUT2D eigenvalue weighted by molar-refractivity contribution is -0.168. The predicted molar refractivity (Wildman–Crippen MR) is 106 cm³/mol. The molecule has 1 N–H and O–H groups in total. The summed E-state index contributed by atoms with van der Waals surface area (Å²) >= 11 is 0. The van der Waals surface area contributed by atoms with Crippen LogP contribution >= 0.6 is 0 Å². The van der Waals surface area contributed by atoms with Crippen LogP contribution in [0.1, 0.15) is 24.7 Å². The Bertz CT molecular complexity index is 1190. The minimum Gasteiger partial charge on any atom is -0.478 e. The standard InChI is InChI=1S/C21H19NO7S/c23-20(24)19(18-8-4-12-28-18)29-21(25)17-7-3-11-22(17)30(26,27)16-10-9-14-5-1-2-6-15(14)13-16/h1-2,4-6,8-10,12-13,17,19H,3,7,11H2,(H,23,24)/t17-,19?/m0/s1. The summed E-state index contributed by atoms with van der Waals surface area (Å²) in [6.45, 7) is 0.146. The number of carbonyl (C=O) groups is 2. The summed E-state index contributed by atoms with van der Waals surface area (Å²) in [5.74, 6) is -2.36. The van der Waals surface area contributed by atoms with Crippen LogP contribution in [0.2, 0.25) is 0 Å². The molecule has 1 unspecified atom stereocenters. The van der Waals surface area contributed by atoms with E-state index in [4.69, 9.17) is 9.15 Å². The lowest BCUT2D eigenvalue weighted by Gasteiger charge is -2.24. The summed E-state index contributed by atoms with van der Waals surface area (Å²) in [6, 6.07) is 13.9. The van der Waals surface area contributed by atoms with Crippen molar-refractivity contribution in [2.45, 2.75) is 29.9 Å². The lowest BCUT2D eigenvalue weighted by atomic mass is 10.1. The summed E-state index contributed by atoms with van der Waals surface area (Å²) in [6.07, 6.45) is 0.338. The Morgan fingerprint density at radius 2 is 1.87 bits per heavy atom. The fourth-order valence-corrected chi connectivity index (χ4v) is 5.27. The monoisotopic (exact) mass is 429 g/mol. The SMILES string of the molecule is O=C(O)C(OC(=O)[C@@H]1CCCN1S(=O)(=O)c1ccc2ccccc2c1)c1ccco1. The van der Waals surface area contributed by atoms with E-state index in [9.17, 15) is 23.1 Å². The van der Waals surface area contributed by atoms with E-state index in [2.05, 4.69) is 0 Å². The molecular formula is C21H19NO7S. The summed E-state index contributed by atoms with van der Waals surface area (Å²) in [5, 5.41) is 11.0. The molecule has 1 aliphatic rings. The molecule has 0 aliphatic carbocycles. The number of fused-ring (bicyclic) bond motifs is 1. The number of carbonyl (C=O) groups excluding carboxylic acids is 1. The van der Waals surface area contributed by atoms with Crippen molar-refractivity contribution in [2.75, 3.05) is 6.54 Å². The van der Waals surface area contributed by atoms with Gasteiger partial charge in [-0.25, -0.2) is 13.2 Å². The van der Waals surface area contributed by atoms with Crippen molar-refractivity contribution in [3.8, 4) is 0 Å². The number of rotatable bonds is 6. The minimum absolute atomic E-state index is 0.0437. The second-order valence-electron chi connectivity index (χ2n) is 6.95. The number of hydrogen-bond donors (Lipinski definition) is 1. The molecule has 1 fully saturated rings. The number of benzene rings is 2. The van der Waals surface area contributed by atoms with Crippen molar-refractivity contribution in [3.05, 3.63) is 66.6 Å². The molecule has 1 aliphatic heterocycles. The van der Waals surface area contributed by atoms with Gasteiger partial charge in [0.05, 0.1) is 11.2 Å². The van der Waals surface area contributed by atoms with Gasteiger partial charge in [-0.2, -0.15) is 4.31 Å². The topological polar surface area (TPSA) is 114 Å². The Kier molecular flexibility index (Phi) is 5.31. The Balaban J connectivity index is 1.60. The molecule has 2 heterocycles. The van der Waals surface area contributed by atoms with Crippen molar-refractivity contribution in [2.24, 2.45) is 0 Å². The molecule has 2 atom stereocenters. The van der Waals surface area contributed by atoms with Gasteiger partial charge in [-0.3, -0.25) is 4.79 Å². The summed E-state index contributed by atoms with van der Waals surface area (Å²) in [5.41, 5.74) is 0. The molecule has 1 saturated heterocycles. The number of esters is 1. The van der Waals surface area contributed by atoms with Crippen LogP contribution in [-0.4, -0.2) is 42.4 Å². The maximum absolute atomic E-state index is 13.2. The maximum Gasteiger partial charge on any atom is 0.353 e. The van der Waals surface area contributed by atoms with E-state index in [1.165, 1.54) is 24.5 Å². The van der Waals surface area contributed by atoms with Crippen molar-refractivity contribution in [1.82, 2.24) is 4.31 Å². The quantitative estimate of drug-likeness (QED) is 0.599. The van der Waals surface area contributed by atoms with Crippen LogP contribution in [0.15, 0.2) is 70.2 Å². The highest BCUT2D eigenvalue weighted by molar-refractivity contribution is 7.89. The average molecular weight is 429 g/mol. The summed E-state index contributed by atoms with van der Waals surface area (Å²) in [4.78, 5) is 24.3. The van der Waals surface area contributed by atoms with Gasteiger partial charge < -0.3 is 14.3 Å². The first-order valence-electron chi connectivity index (χ1n) is 9.35. The van der Waals surface area contributed by atoms with Gasteiger partial charge in [0, 0.05) is 6.54 Å². The van der Waals surface area contributed by atoms with Crippen LogP contribution in [-0.2, 0) is 24.3 Å². The van der Waals surface area contributed by atoms with Crippen molar-refractivity contribution < 1.29 is 32.3 Å². The van der Waals surface area contributed by atoms with E-state index >= 15 is 0 Å². The van der Waals surface area contributed by atoms with Crippen LogP contribution in [0.4, 0.5) is 0 Å². The Labute approximate surface area is 172 Å². The molecule has 0 saturated carbocycles. The zero-order valence-electron chi connectivity index (χ0n) is 15.8. The highest BCUT2D eigenvalue weighted by Gasteiger charge is 2.42. The molecule has 0 spiro atoms. The maximum atomic E-state index is 13.2. The molecule has 8 nitrogen and oxygen atoms in total. The number of furan rings is 1.